The van der Waals surface area contributed by atoms with Crippen LogP contribution in [0.3, 0.4) is 0 Å². The third-order valence-electron chi connectivity index (χ3n) is 4.13. The number of rotatable bonds is 9. The number of carbonyl (C=O) groups is 2. The van der Waals surface area contributed by atoms with E-state index in [2.05, 4.69) is 4.90 Å². The summed E-state index contributed by atoms with van der Waals surface area (Å²) < 4.78 is 5.27. The van der Waals surface area contributed by atoms with E-state index in [0.717, 1.165) is 26.1 Å². The van der Waals surface area contributed by atoms with Crippen molar-refractivity contribution in [2.45, 2.75) is 39.5 Å². The van der Waals surface area contributed by atoms with Crippen molar-refractivity contribution in [3.8, 4) is 0 Å². The van der Waals surface area contributed by atoms with Gasteiger partial charge in [0.1, 0.15) is 0 Å². The Morgan fingerprint density at radius 3 is 2.23 bits per heavy atom. The Hall–Kier alpha value is -1.40. The van der Waals surface area contributed by atoms with Crippen molar-refractivity contribution >= 4 is 11.9 Å². The fourth-order valence-electron chi connectivity index (χ4n) is 2.52. The average Bonchev–Trinajstić information content (AvgIpc) is 2.50. The van der Waals surface area contributed by atoms with Crippen LogP contribution in [0, 0.1) is 5.92 Å². The summed E-state index contributed by atoms with van der Waals surface area (Å²) in [5.74, 6) is -2.05. The van der Waals surface area contributed by atoms with Crippen LogP contribution in [-0.4, -0.2) is 59.9 Å². The molecule has 0 spiro atoms. The van der Waals surface area contributed by atoms with E-state index in [4.69, 9.17) is 4.74 Å². The zero-order valence-electron chi connectivity index (χ0n) is 13.5. The summed E-state index contributed by atoms with van der Waals surface area (Å²) in [6, 6.07) is 0. The monoisotopic (exact) mass is 313 g/mol. The molecule has 1 fully saturated rings. The van der Waals surface area contributed by atoms with Crippen molar-refractivity contribution in [1.29, 1.82) is 0 Å². The van der Waals surface area contributed by atoms with Crippen molar-refractivity contribution in [2.24, 2.45) is 5.92 Å². The SMILES string of the molecule is CCC(C)C/C(C(=O)O)=C(/CCCN1CCOCC1)C(=O)O. The van der Waals surface area contributed by atoms with Gasteiger partial charge in [-0.15, -0.1) is 0 Å². The summed E-state index contributed by atoms with van der Waals surface area (Å²) in [5.41, 5.74) is 0.116. The van der Waals surface area contributed by atoms with Crippen LogP contribution >= 0.6 is 0 Å². The molecule has 1 heterocycles. The van der Waals surface area contributed by atoms with E-state index in [1.807, 2.05) is 13.8 Å². The molecule has 0 saturated carbocycles. The highest BCUT2D eigenvalue weighted by molar-refractivity contribution is 5.98. The van der Waals surface area contributed by atoms with Gasteiger partial charge in [0.2, 0.25) is 0 Å². The Labute approximate surface area is 131 Å². The average molecular weight is 313 g/mol. The van der Waals surface area contributed by atoms with Crippen LogP contribution in [0.4, 0.5) is 0 Å². The number of carboxylic acid groups (broad SMARTS) is 2. The van der Waals surface area contributed by atoms with Gasteiger partial charge in [-0.25, -0.2) is 9.59 Å². The zero-order chi connectivity index (χ0) is 16.5. The standard InChI is InChI=1S/C16H27NO5/c1-3-12(2)11-14(16(20)21)13(15(18)19)5-4-6-17-7-9-22-10-8-17/h12H,3-11H2,1-2H3,(H,18,19)(H,20,21)/b14-13+. The molecule has 0 aliphatic carbocycles. The molecule has 1 unspecified atom stereocenters. The molecule has 2 N–H and O–H groups in total. The van der Waals surface area contributed by atoms with Gasteiger partial charge in [0.25, 0.3) is 0 Å². The van der Waals surface area contributed by atoms with Crippen LogP contribution in [0.25, 0.3) is 0 Å². The number of ether oxygens (including phenoxy) is 1. The molecule has 6 heteroatoms. The van der Waals surface area contributed by atoms with Crippen molar-refractivity contribution in [3.63, 3.8) is 0 Å². The van der Waals surface area contributed by atoms with Crippen molar-refractivity contribution in [2.75, 3.05) is 32.8 Å². The topological polar surface area (TPSA) is 87.1 Å². The van der Waals surface area contributed by atoms with E-state index in [1.165, 1.54) is 0 Å². The normalized spacial score (nSPS) is 18.6. The third kappa shape index (κ3) is 6.15. The lowest BCUT2D eigenvalue weighted by molar-refractivity contribution is -0.136. The fraction of sp³-hybridized carbons (Fsp3) is 0.750. The largest absolute Gasteiger partial charge is 0.478 e. The molecule has 1 saturated heterocycles. The molecule has 6 nitrogen and oxygen atoms in total. The minimum absolute atomic E-state index is 0.0565. The minimum Gasteiger partial charge on any atom is -0.478 e. The van der Waals surface area contributed by atoms with Crippen LogP contribution in [0.15, 0.2) is 11.1 Å². The number of nitrogens with zero attached hydrogens (tertiary/aromatic N) is 1. The molecule has 1 rings (SSSR count). The maximum absolute atomic E-state index is 11.4. The van der Waals surface area contributed by atoms with Crippen LogP contribution in [-0.2, 0) is 14.3 Å². The molecule has 0 aromatic carbocycles. The molecule has 22 heavy (non-hydrogen) atoms. The summed E-state index contributed by atoms with van der Waals surface area (Å²) in [6.45, 7) is 7.80. The second kappa shape index (κ2) is 9.58. The lowest BCUT2D eigenvalue weighted by Gasteiger charge is -2.26. The van der Waals surface area contributed by atoms with Crippen LogP contribution in [0.5, 0.6) is 0 Å². The van der Waals surface area contributed by atoms with Gasteiger partial charge in [-0.3, -0.25) is 4.90 Å². The Bertz CT molecular complexity index is 413. The lowest BCUT2D eigenvalue weighted by atomic mass is 9.93. The fourth-order valence-corrected chi connectivity index (χ4v) is 2.52. The van der Waals surface area contributed by atoms with E-state index in [1.54, 1.807) is 0 Å². The van der Waals surface area contributed by atoms with Gasteiger partial charge in [-0.05, 0) is 31.7 Å². The zero-order valence-corrected chi connectivity index (χ0v) is 13.5. The minimum atomic E-state index is -1.11. The maximum Gasteiger partial charge on any atom is 0.332 e. The van der Waals surface area contributed by atoms with Gasteiger partial charge in [-0.1, -0.05) is 20.3 Å². The first-order valence-electron chi connectivity index (χ1n) is 7.94. The Morgan fingerprint density at radius 1 is 1.14 bits per heavy atom. The van der Waals surface area contributed by atoms with Crippen LogP contribution < -0.4 is 0 Å². The first-order chi connectivity index (χ1) is 10.5. The van der Waals surface area contributed by atoms with Crippen molar-refractivity contribution in [1.82, 2.24) is 4.90 Å². The summed E-state index contributed by atoms with van der Waals surface area (Å²) in [4.78, 5) is 25.1. The van der Waals surface area contributed by atoms with E-state index in [-0.39, 0.29) is 17.1 Å². The quantitative estimate of drug-likeness (QED) is 0.633. The van der Waals surface area contributed by atoms with Gasteiger partial charge >= 0.3 is 11.9 Å². The van der Waals surface area contributed by atoms with Gasteiger partial charge in [0.05, 0.1) is 13.2 Å². The predicted molar refractivity (Wildman–Crippen MR) is 82.9 cm³/mol. The van der Waals surface area contributed by atoms with Crippen LogP contribution in [0.2, 0.25) is 0 Å². The lowest BCUT2D eigenvalue weighted by Crippen LogP contribution is -2.36. The first-order valence-corrected chi connectivity index (χ1v) is 7.94. The summed E-state index contributed by atoms with van der Waals surface area (Å²) in [7, 11) is 0. The second-order valence-electron chi connectivity index (χ2n) is 5.84. The van der Waals surface area contributed by atoms with E-state index < -0.39 is 11.9 Å². The van der Waals surface area contributed by atoms with Gasteiger partial charge in [0, 0.05) is 24.2 Å². The number of carboxylic acids is 2. The van der Waals surface area contributed by atoms with Gasteiger partial charge < -0.3 is 14.9 Å². The molecule has 0 aromatic rings. The maximum atomic E-state index is 11.4. The van der Waals surface area contributed by atoms with E-state index in [0.29, 0.717) is 32.5 Å². The first kappa shape index (κ1) is 18.6. The van der Waals surface area contributed by atoms with Crippen molar-refractivity contribution in [3.05, 3.63) is 11.1 Å². The molecule has 1 aliphatic rings. The highest BCUT2D eigenvalue weighted by Crippen LogP contribution is 2.21. The molecule has 0 radical (unpaired) electrons. The van der Waals surface area contributed by atoms with E-state index >= 15 is 0 Å². The Kier molecular flexibility index (Phi) is 8.12. The smallest absolute Gasteiger partial charge is 0.332 e. The molecule has 0 bridgehead atoms. The van der Waals surface area contributed by atoms with Gasteiger partial charge in [0.15, 0.2) is 0 Å². The second-order valence-corrected chi connectivity index (χ2v) is 5.84. The number of hydrogen-bond acceptors (Lipinski definition) is 4. The summed E-state index contributed by atoms with van der Waals surface area (Å²) in [6.07, 6.45) is 2.09. The highest BCUT2D eigenvalue weighted by atomic mass is 16.5. The number of morpholine rings is 1. The summed E-state index contributed by atoms with van der Waals surface area (Å²) >= 11 is 0. The van der Waals surface area contributed by atoms with E-state index in [9.17, 15) is 19.8 Å². The number of aliphatic carboxylic acids is 2. The molecular weight excluding hydrogens is 286 g/mol. The van der Waals surface area contributed by atoms with Gasteiger partial charge in [-0.2, -0.15) is 0 Å². The predicted octanol–water partition coefficient (Wildman–Crippen LogP) is 2.00. The van der Waals surface area contributed by atoms with Crippen molar-refractivity contribution < 1.29 is 24.5 Å². The highest BCUT2D eigenvalue weighted by Gasteiger charge is 2.22. The number of hydrogen-bond donors (Lipinski definition) is 2. The third-order valence-corrected chi connectivity index (χ3v) is 4.13. The Morgan fingerprint density at radius 2 is 1.73 bits per heavy atom. The molecule has 1 aliphatic heterocycles. The molecule has 0 aromatic heterocycles. The molecule has 126 valence electrons. The summed E-state index contributed by atoms with van der Waals surface area (Å²) in [5, 5.41) is 18.7. The molecule has 1 atom stereocenters. The molecular formula is C16H27NO5. The Balaban J connectivity index is 2.68. The van der Waals surface area contributed by atoms with Crippen LogP contribution in [0.1, 0.15) is 39.5 Å². The molecule has 0 amide bonds.